The molecule has 2 rings (SSSR count). The third kappa shape index (κ3) is 10.6. The minimum atomic E-state index is -0.564. The zero-order valence-electron chi connectivity index (χ0n) is 19.4. The summed E-state index contributed by atoms with van der Waals surface area (Å²) < 4.78 is 0. The molecule has 0 saturated carbocycles. The highest BCUT2D eigenvalue weighted by Crippen LogP contribution is 2.21. The number of amides is 3. The summed E-state index contributed by atoms with van der Waals surface area (Å²) in [6.45, 7) is 7.43. The van der Waals surface area contributed by atoms with Crippen LogP contribution in [0.5, 0.6) is 5.75 Å². The molecule has 3 amide bonds. The number of phenols is 1. The molecule has 0 aliphatic rings. The van der Waals surface area contributed by atoms with E-state index in [0.29, 0.717) is 19.4 Å². The Labute approximate surface area is 190 Å². The number of hydrogen-bond acceptors (Lipinski definition) is 4. The number of aromatic hydroxyl groups is 1. The molecule has 5 N–H and O–H groups in total. The molecule has 174 valence electrons. The van der Waals surface area contributed by atoms with E-state index in [1.807, 2.05) is 32.0 Å². The lowest BCUT2D eigenvalue weighted by atomic mass is 9.98. The van der Waals surface area contributed by atoms with E-state index in [4.69, 9.17) is 0 Å². The molecule has 0 aliphatic heterocycles. The first-order chi connectivity index (χ1) is 15.1. The Hall–Kier alpha value is -3.35. The van der Waals surface area contributed by atoms with Crippen LogP contribution in [0, 0.1) is 13.8 Å². The van der Waals surface area contributed by atoms with Crippen LogP contribution < -0.4 is 16.4 Å². The van der Waals surface area contributed by atoms with Crippen molar-refractivity contribution in [2.45, 2.75) is 59.4 Å². The van der Waals surface area contributed by atoms with Gasteiger partial charge in [-0.25, -0.2) is 0 Å². The van der Waals surface area contributed by atoms with Crippen molar-refractivity contribution in [1.82, 2.24) is 10.6 Å². The Balaban J connectivity index is 0.00000118. The second-order valence-corrected chi connectivity index (χ2v) is 7.84. The molecule has 0 spiro atoms. The molecular formula is C25H35N3O4. The van der Waals surface area contributed by atoms with E-state index < -0.39 is 6.04 Å². The van der Waals surface area contributed by atoms with Crippen LogP contribution in [0.3, 0.4) is 0 Å². The topological polar surface area (TPSA) is 122 Å². The molecule has 0 heterocycles. The summed E-state index contributed by atoms with van der Waals surface area (Å²) in [5, 5.41) is 15.2. The number of rotatable bonds is 9. The van der Waals surface area contributed by atoms with Crippen molar-refractivity contribution in [2.24, 2.45) is 5.73 Å². The van der Waals surface area contributed by atoms with Gasteiger partial charge in [0.2, 0.25) is 17.7 Å². The predicted octanol–water partition coefficient (Wildman–Crippen LogP) is 2.69. The van der Waals surface area contributed by atoms with Crippen LogP contribution in [0.2, 0.25) is 0 Å². The Kier molecular flexibility index (Phi) is 11.6. The average molecular weight is 442 g/mol. The normalized spacial score (nSPS) is 11.0. The van der Waals surface area contributed by atoms with E-state index in [9.17, 15) is 19.5 Å². The van der Waals surface area contributed by atoms with Crippen LogP contribution in [0.4, 0.5) is 0 Å². The summed E-state index contributed by atoms with van der Waals surface area (Å²) in [5.74, 6) is -0.419. The van der Waals surface area contributed by atoms with Gasteiger partial charge in [-0.2, -0.15) is 0 Å². The van der Waals surface area contributed by atoms with Crippen molar-refractivity contribution in [2.75, 3.05) is 6.54 Å². The van der Waals surface area contributed by atoms with Crippen LogP contribution in [-0.4, -0.2) is 35.4 Å². The SMILES string of the molecule is CC(N)=O.Cc1cc(O)cc(C)c1CCC(=O)NC(C)C(=O)NCCCc1ccccc1. The molecule has 7 heteroatoms. The number of phenolic OH excluding ortho intramolecular Hbond substituents is 1. The molecular weight excluding hydrogens is 406 g/mol. The number of nitrogens with one attached hydrogen (secondary N) is 2. The first-order valence-electron chi connectivity index (χ1n) is 10.8. The van der Waals surface area contributed by atoms with Gasteiger partial charge in [0.1, 0.15) is 11.8 Å². The first kappa shape index (κ1) is 26.7. The highest BCUT2D eigenvalue weighted by atomic mass is 16.3. The average Bonchev–Trinajstić information content (AvgIpc) is 2.70. The molecule has 0 aliphatic carbocycles. The minimum absolute atomic E-state index is 0.154. The van der Waals surface area contributed by atoms with Gasteiger partial charge in [0.25, 0.3) is 0 Å². The quantitative estimate of drug-likeness (QED) is 0.447. The molecule has 0 saturated heterocycles. The molecule has 2 aromatic rings. The molecule has 7 nitrogen and oxygen atoms in total. The van der Waals surface area contributed by atoms with Gasteiger partial charge in [-0.05, 0) is 74.4 Å². The van der Waals surface area contributed by atoms with Crippen LogP contribution in [0.25, 0.3) is 0 Å². The van der Waals surface area contributed by atoms with E-state index in [-0.39, 0.29) is 23.5 Å². The Morgan fingerprint density at radius 1 is 1.03 bits per heavy atom. The number of carbonyl (C=O) groups excluding carboxylic acids is 3. The summed E-state index contributed by atoms with van der Waals surface area (Å²) in [5.41, 5.74) is 8.72. The second kappa shape index (κ2) is 13.9. The lowest BCUT2D eigenvalue weighted by molar-refractivity contribution is -0.128. The zero-order valence-corrected chi connectivity index (χ0v) is 19.4. The summed E-state index contributed by atoms with van der Waals surface area (Å²) >= 11 is 0. The maximum atomic E-state index is 12.2. The van der Waals surface area contributed by atoms with Crippen molar-refractivity contribution in [3.8, 4) is 5.75 Å². The standard InChI is InChI=1S/C23H30N2O3.C2H5NO/c1-16-14-20(26)15-17(2)21(16)11-12-22(27)25-18(3)23(28)24-13-7-10-19-8-5-4-6-9-19;1-2(3)4/h4-6,8-9,14-15,18,26H,7,10-13H2,1-3H3,(H,24,28)(H,25,27);1H3,(H2,3,4). The van der Waals surface area contributed by atoms with Crippen molar-refractivity contribution in [3.05, 3.63) is 64.7 Å². The fraction of sp³-hybridized carbons (Fsp3) is 0.400. The van der Waals surface area contributed by atoms with Crippen LogP contribution in [-0.2, 0) is 27.2 Å². The molecule has 1 unspecified atom stereocenters. The van der Waals surface area contributed by atoms with E-state index >= 15 is 0 Å². The van der Waals surface area contributed by atoms with Gasteiger partial charge < -0.3 is 21.5 Å². The lowest BCUT2D eigenvalue weighted by Crippen LogP contribution is -2.45. The molecule has 0 bridgehead atoms. The number of primary amides is 1. The van der Waals surface area contributed by atoms with Gasteiger partial charge >= 0.3 is 0 Å². The molecule has 2 aromatic carbocycles. The number of carbonyl (C=O) groups is 3. The van der Waals surface area contributed by atoms with Gasteiger partial charge in [-0.3, -0.25) is 14.4 Å². The fourth-order valence-corrected chi connectivity index (χ4v) is 3.28. The second-order valence-electron chi connectivity index (χ2n) is 7.84. The zero-order chi connectivity index (χ0) is 24.1. The Morgan fingerprint density at radius 2 is 1.59 bits per heavy atom. The van der Waals surface area contributed by atoms with Crippen LogP contribution >= 0.6 is 0 Å². The van der Waals surface area contributed by atoms with E-state index in [1.54, 1.807) is 19.1 Å². The fourth-order valence-electron chi connectivity index (χ4n) is 3.28. The van der Waals surface area contributed by atoms with Gasteiger partial charge in [-0.15, -0.1) is 0 Å². The van der Waals surface area contributed by atoms with Crippen molar-refractivity contribution in [3.63, 3.8) is 0 Å². The van der Waals surface area contributed by atoms with Gasteiger partial charge in [0, 0.05) is 19.9 Å². The lowest BCUT2D eigenvalue weighted by Gasteiger charge is -2.15. The van der Waals surface area contributed by atoms with Gasteiger partial charge in [0.15, 0.2) is 0 Å². The molecule has 0 aromatic heterocycles. The summed E-state index contributed by atoms with van der Waals surface area (Å²) in [4.78, 5) is 33.6. The number of nitrogens with two attached hydrogens (primary N) is 1. The van der Waals surface area contributed by atoms with Gasteiger partial charge in [-0.1, -0.05) is 30.3 Å². The maximum Gasteiger partial charge on any atom is 0.242 e. The smallest absolute Gasteiger partial charge is 0.242 e. The maximum absolute atomic E-state index is 12.2. The number of benzene rings is 2. The van der Waals surface area contributed by atoms with Crippen molar-refractivity contribution in [1.29, 1.82) is 0 Å². The summed E-state index contributed by atoms with van der Waals surface area (Å²) in [6, 6.07) is 13.0. The highest BCUT2D eigenvalue weighted by Gasteiger charge is 2.15. The number of aryl methyl sites for hydroxylation is 3. The molecule has 32 heavy (non-hydrogen) atoms. The van der Waals surface area contributed by atoms with Crippen molar-refractivity contribution < 1.29 is 19.5 Å². The van der Waals surface area contributed by atoms with E-state index in [0.717, 1.165) is 29.5 Å². The molecule has 0 fully saturated rings. The summed E-state index contributed by atoms with van der Waals surface area (Å²) in [6.07, 6.45) is 2.65. The van der Waals surface area contributed by atoms with E-state index in [2.05, 4.69) is 28.5 Å². The van der Waals surface area contributed by atoms with Crippen LogP contribution in [0.15, 0.2) is 42.5 Å². The van der Waals surface area contributed by atoms with Crippen molar-refractivity contribution >= 4 is 17.7 Å². The minimum Gasteiger partial charge on any atom is -0.508 e. The highest BCUT2D eigenvalue weighted by molar-refractivity contribution is 5.87. The van der Waals surface area contributed by atoms with Crippen LogP contribution in [0.1, 0.15) is 48.9 Å². The third-order valence-electron chi connectivity index (χ3n) is 4.84. The first-order valence-corrected chi connectivity index (χ1v) is 10.8. The monoisotopic (exact) mass is 441 g/mol. The Bertz CT molecular complexity index is 870. The van der Waals surface area contributed by atoms with Gasteiger partial charge in [0.05, 0.1) is 0 Å². The van der Waals surface area contributed by atoms with E-state index in [1.165, 1.54) is 12.5 Å². The molecule has 0 radical (unpaired) electrons. The molecule has 1 atom stereocenters. The summed E-state index contributed by atoms with van der Waals surface area (Å²) in [7, 11) is 0. The third-order valence-corrected chi connectivity index (χ3v) is 4.84. The number of hydrogen-bond donors (Lipinski definition) is 4. The largest absolute Gasteiger partial charge is 0.508 e. The Morgan fingerprint density at radius 3 is 2.16 bits per heavy atom. The predicted molar refractivity (Wildman–Crippen MR) is 126 cm³/mol.